The number of carbonyl (C=O) groups is 1. The predicted octanol–water partition coefficient (Wildman–Crippen LogP) is 7.47. The molecular formula is C34H43N3O3S. The third kappa shape index (κ3) is 7.20. The molecule has 1 amide bonds. The van der Waals surface area contributed by atoms with E-state index in [1.807, 2.05) is 28.8 Å². The van der Waals surface area contributed by atoms with E-state index < -0.39 is 10.0 Å². The van der Waals surface area contributed by atoms with Crippen molar-refractivity contribution in [3.05, 3.63) is 95.2 Å². The monoisotopic (exact) mass is 573 g/mol. The molecule has 0 aliphatic rings. The second-order valence-corrected chi connectivity index (χ2v) is 15.0. The van der Waals surface area contributed by atoms with Crippen LogP contribution in [0.4, 0.5) is 5.69 Å². The molecule has 0 saturated heterocycles. The standard InChI is InChI=1S/C34H43N3O3S/c1-23(2)21-35-32(38)31-20-25-19-28(36-41(39,40)29-16-13-27(14-17-29)34(6,7)8)15-18-30(25)37(31)22-24-9-11-26(12-10-24)33(3,4)5/h9-20,23,36H,21-22H2,1-8H3,(H,35,38). The summed E-state index contributed by atoms with van der Waals surface area (Å²) < 4.78 is 31.1. The first-order chi connectivity index (χ1) is 19.0. The number of benzene rings is 3. The lowest BCUT2D eigenvalue weighted by atomic mass is 9.87. The molecule has 2 N–H and O–H groups in total. The topological polar surface area (TPSA) is 80.2 Å². The van der Waals surface area contributed by atoms with Crippen molar-refractivity contribution in [2.75, 3.05) is 11.3 Å². The fourth-order valence-corrected chi connectivity index (χ4v) is 5.77. The quantitative estimate of drug-likeness (QED) is 0.229. The molecule has 0 saturated carbocycles. The van der Waals surface area contributed by atoms with E-state index in [1.165, 1.54) is 5.56 Å². The summed E-state index contributed by atoms with van der Waals surface area (Å²) >= 11 is 0. The van der Waals surface area contributed by atoms with Crippen molar-refractivity contribution in [3.8, 4) is 0 Å². The van der Waals surface area contributed by atoms with Gasteiger partial charge in [0.05, 0.1) is 4.90 Å². The number of carbonyl (C=O) groups excluding carboxylic acids is 1. The molecule has 0 fully saturated rings. The van der Waals surface area contributed by atoms with Crippen molar-refractivity contribution in [1.29, 1.82) is 0 Å². The second-order valence-electron chi connectivity index (χ2n) is 13.3. The van der Waals surface area contributed by atoms with E-state index in [0.29, 0.717) is 30.4 Å². The molecule has 1 aromatic heterocycles. The SMILES string of the molecule is CC(C)CNC(=O)c1cc2cc(NS(=O)(=O)c3ccc(C(C)(C)C)cc3)ccc2n1Cc1ccc(C(C)(C)C)cc1. The first-order valence-electron chi connectivity index (χ1n) is 14.2. The van der Waals surface area contributed by atoms with Gasteiger partial charge < -0.3 is 9.88 Å². The summed E-state index contributed by atoms with van der Waals surface area (Å²) in [6.45, 7) is 18.0. The van der Waals surface area contributed by atoms with Crippen LogP contribution in [0.25, 0.3) is 10.9 Å². The average molecular weight is 574 g/mol. The van der Waals surface area contributed by atoms with Crippen LogP contribution in [-0.4, -0.2) is 25.4 Å². The van der Waals surface area contributed by atoms with Gasteiger partial charge >= 0.3 is 0 Å². The van der Waals surface area contributed by atoms with Gasteiger partial charge in [0.2, 0.25) is 0 Å². The van der Waals surface area contributed by atoms with E-state index in [2.05, 4.69) is 89.7 Å². The zero-order valence-electron chi connectivity index (χ0n) is 25.5. The van der Waals surface area contributed by atoms with Gasteiger partial charge in [-0.25, -0.2) is 8.42 Å². The van der Waals surface area contributed by atoms with E-state index in [4.69, 9.17) is 0 Å². The molecule has 1 heterocycles. The minimum Gasteiger partial charge on any atom is -0.351 e. The minimum atomic E-state index is -3.78. The number of sulfonamides is 1. The Bertz CT molecular complexity index is 1640. The van der Waals surface area contributed by atoms with Gasteiger partial charge in [0.15, 0.2) is 0 Å². The Hall–Kier alpha value is -3.58. The summed E-state index contributed by atoms with van der Waals surface area (Å²) in [6.07, 6.45) is 0. The lowest BCUT2D eigenvalue weighted by Crippen LogP contribution is -2.29. The molecule has 4 rings (SSSR count). The highest BCUT2D eigenvalue weighted by atomic mass is 32.2. The number of hydrogen-bond acceptors (Lipinski definition) is 3. The van der Waals surface area contributed by atoms with Crippen LogP contribution in [0.15, 0.2) is 77.7 Å². The molecule has 218 valence electrons. The Kier molecular flexibility index (Phi) is 8.42. The Morgan fingerprint density at radius 3 is 1.90 bits per heavy atom. The maximum absolute atomic E-state index is 13.3. The van der Waals surface area contributed by atoms with Gasteiger partial charge in [-0.15, -0.1) is 0 Å². The fourth-order valence-electron chi connectivity index (χ4n) is 4.72. The van der Waals surface area contributed by atoms with Crippen molar-refractivity contribution in [2.45, 2.75) is 77.7 Å². The Morgan fingerprint density at radius 2 is 1.37 bits per heavy atom. The zero-order chi connectivity index (χ0) is 30.2. The second kappa shape index (κ2) is 11.4. The number of aromatic nitrogens is 1. The van der Waals surface area contributed by atoms with Crippen LogP contribution in [0.3, 0.4) is 0 Å². The molecule has 0 spiro atoms. The highest BCUT2D eigenvalue weighted by molar-refractivity contribution is 7.92. The Balaban J connectivity index is 1.68. The van der Waals surface area contributed by atoms with Gasteiger partial charge in [0.1, 0.15) is 5.69 Å². The normalized spacial score (nSPS) is 12.6. The lowest BCUT2D eigenvalue weighted by Gasteiger charge is -2.19. The molecule has 0 radical (unpaired) electrons. The van der Waals surface area contributed by atoms with Gasteiger partial charge in [0.25, 0.3) is 15.9 Å². The van der Waals surface area contributed by atoms with Crippen LogP contribution in [0.2, 0.25) is 0 Å². The number of nitrogens with one attached hydrogen (secondary N) is 2. The van der Waals surface area contributed by atoms with Crippen LogP contribution in [0.5, 0.6) is 0 Å². The number of amides is 1. The van der Waals surface area contributed by atoms with Gasteiger partial charge in [-0.05, 0) is 69.8 Å². The molecule has 0 bridgehead atoms. The molecular weight excluding hydrogens is 530 g/mol. The number of nitrogens with zero attached hydrogens (tertiary/aromatic N) is 1. The summed E-state index contributed by atoms with van der Waals surface area (Å²) in [4.78, 5) is 13.5. The third-order valence-electron chi connectivity index (χ3n) is 7.25. The average Bonchev–Trinajstić information content (AvgIpc) is 3.23. The Morgan fingerprint density at radius 1 is 0.805 bits per heavy atom. The van der Waals surface area contributed by atoms with Crippen molar-refractivity contribution in [2.24, 2.45) is 5.92 Å². The van der Waals surface area contributed by atoms with E-state index >= 15 is 0 Å². The van der Waals surface area contributed by atoms with Crippen LogP contribution in [0.1, 0.15) is 82.6 Å². The highest BCUT2D eigenvalue weighted by Crippen LogP contribution is 2.29. The lowest BCUT2D eigenvalue weighted by molar-refractivity contribution is 0.0940. The smallest absolute Gasteiger partial charge is 0.267 e. The number of fused-ring (bicyclic) bond motifs is 1. The largest absolute Gasteiger partial charge is 0.351 e. The maximum atomic E-state index is 13.3. The summed E-state index contributed by atoms with van der Waals surface area (Å²) in [5, 5.41) is 3.82. The summed E-state index contributed by atoms with van der Waals surface area (Å²) in [7, 11) is -3.78. The summed E-state index contributed by atoms with van der Waals surface area (Å²) in [5.74, 6) is 0.169. The van der Waals surface area contributed by atoms with Crippen molar-refractivity contribution in [1.82, 2.24) is 9.88 Å². The summed E-state index contributed by atoms with van der Waals surface area (Å²) in [5.41, 5.74) is 5.22. The first kappa shape index (κ1) is 30.4. The van der Waals surface area contributed by atoms with Crippen molar-refractivity contribution < 1.29 is 13.2 Å². The maximum Gasteiger partial charge on any atom is 0.267 e. The number of rotatable bonds is 8. The molecule has 0 unspecified atom stereocenters. The molecule has 4 aromatic rings. The zero-order valence-corrected chi connectivity index (χ0v) is 26.3. The third-order valence-corrected chi connectivity index (χ3v) is 8.65. The van der Waals surface area contributed by atoms with Crippen LogP contribution in [-0.2, 0) is 27.4 Å². The van der Waals surface area contributed by atoms with E-state index in [0.717, 1.165) is 22.0 Å². The van der Waals surface area contributed by atoms with Gasteiger partial charge in [-0.3, -0.25) is 9.52 Å². The number of hydrogen-bond donors (Lipinski definition) is 2. The van der Waals surface area contributed by atoms with Crippen LogP contribution < -0.4 is 10.0 Å². The first-order valence-corrected chi connectivity index (χ1v) is 15.7. The van der Waals surface area contributed by atoms with Gasteiger partial charge in [-0.1, -0.05) is 91.8 Å². The molecule has 0 atom stereocenters. The van der Waals surface area contributed by atoms with Crippen molar-refractivity contribution >= 4 is 32.5 Å². The molecule has 6 nitrogen and oxygen atoms in total. The fraction of sp³-hybridized carbons (Fsp3) is 0.382. The van der Waals surface area contributed by atoms with Crippen molar-refractivity contribution in [3.63, 3.8) is 0 Å². The predicted molar refractivity (Wildman–Crippen MR) is 169 cm³/mol. The Labute approximate surface area is 245 Å². The number of anilines is 1. The van der Waals surface area contributed by atoms with Gasteiger partial charge in [0, 0.05) is 29.7 Å². The van der Waals surface area contributed by atoms with E-state index in [-0.39, 0.29) is 21.6 Å². The van der Waals surface area contributed by atoms with E-state index in [1.54, 1.807) is 24.3 Å². The van der Waals surface area contributed by atoms with Gasteiger partial charge in [-0.2, -0.15) is 0 Å². The molecule has 41 heavy (non-hydrogen) atoms. The minimum absolute atomic E-state index is 0.0545. The molecule has 7 heteroatoms. The molecule has 0 aliphatic heterocycles. The van der Waals surface area contributed by atoms with Crippen LogP contribution in [0, 0.1) is 5.92 Å². The highest BCUT2D eigenvalue weighted by Gasteiger charge is 2.20. The summed E-state index contributed by atoms with van der Waals surface area (Å²) in [6, 6.07) is 22.7. The van der Waals surface area contributed by atoms with Crippen LogP contribution >= 0.6 is 0 Å². The molecule has 0 aliphatic carbocycles. The molecule has 3 aromatic carbocycles. The van der Waals surface area contributed by atoms with E-state index in [9.17, 15) is 13.2 Å².